The fourth-order valence-corrected chi connectivity index (χ4v) is 3.75. The lowest BCUT2D eigenvalue weighted by Crippen LogP contribution is -2.25. The standard InChI is InChI=1S/C16H24N2S/c1-3-16(4-2)7-9-18(13-16)11-15-10-14(12-19-15)6-5-8-17/h10,12H,3-4,7-9,11,13,17H2,1-2H3. The lowest BCUT2D eigenvalue weighted by Gasteiger charge is -2.26. The van der Waals surface area contributed by atoms with Crippen LogP contribution in [0.25, 0.3) is 0 Å². The topological polar surface area (TPSA) is 29.3 Å². The zero-order valence-corrected chi connectivity index (χ0v) is 12.9. The van der Waals surface area contributed by atoms with E-state index in [4.69, 9.17) is 5.73 Å². The van der Waals surface area contributed by atoms with Crippen molar-refractivity contribution in [2.45, 2.75) is 39.7 Å². The third-order valence-corrected chi connectivity index (χ3v) is 5.31. The summed E-state index contributed by atoms with van der Waals surface area (Å²) in [5.74, 6) is 6.02. The Labute approximate surface area is 121 Å². The van der Waals surface area contributed by atoms with E-state index in [1.165, 1.54) is 37.2 Å². The summed E-state index contributed by atoms with van der Waals surface area (Å²) in [6.07, 6.45) is 3.96. The van der Waals surface area contributed by atoms with Crippen LogP contribution in [0.5, 0.6) is 0 Å². The lowest BCUT2D eigenvalue weighted by molar-refractivity contribution is 0.237. The zero-order valence-electron chi connectivity index (χ0n) is 12.0. The highest BCUT2D eigenvalue weighted by atomic mass is 32.1. The molecule has 0 aromatic carbocycles. The minimum atomic E-state index is 0.437. The van der Waals surface area contributed by atoms with Crippen molar-refractivity contribution in [1.29, 1.82) is 0 Å². The Morgan fingerprint density at radius 2 is 2.21 bits per heavy atom. The molecule has 0 radical (unpaired) electrons. The SMILES string of the molecule is CCC1(CC)CCN(Cc2cc(C#CCN)cs2)C1. The second kappa shape index (κ2) is 6.56. The lowest BCUT2D eigenvalue weighted by atomic mass is 9.82. The molecule has 3 heteroatoms. The van der Waals surface area contributed by atoms with Crippen LogP contribution in [-0.2, 0) is 6.54 Å². The Balaban J connectivity index is 1.94. The van der Waals surface area contributed by atoms with Gasteiger partial charge in [0.25, 0.3) is 0 Å². The smallest absolute Gasteiger partial charge is 0.0555 e. The van der Waals surface area contributed by atoms with E-state index in [0.717, 1.165) is 12.1 Å². The van der Waals surface area contributed by atoms with Crippen molar-refractivity contribution >= 4 is 11.3 Å². The average molecular weight is 276 g/mol. The summed E-state index contributed by atoms with van der Waals surface area (Å²) < 4.78 is 0. The Morgan fingerprint density at radius 3 is 2.84 bits per heavy atom. The van der Waals surface area contributed by atoms with Crippen molar-refractivity contribution in [3.8, 4) is 11.8 Å². The molecule has 0 saturated carbocycles. The Morgan fingerprint density at radius 1 is 1.42 bits per heavy atom. The molecule has 2 rings (SSSR count). The molecule has 2 nitrogen and oxygen atoms in total. The molecule has 1 aromatic heterocycles. The molecule has 0 atom stereocenters. The van der Waals surface area contributed by atoms with E-state index in [9.17, 15) is 0 Å². The third kappa shape index (κ3) is 3.60. The predicted octanol–water partition coefficient (Wildman–Crippen LogP) is 3.07. The molecule has 1 aliphatic rings. The Kier molecular flexibility index (Phi) is 5.04. The van der Waals surface area contributed by atoms with Gasteiger partial charge in [0.15, 0.2) is 0 Å². The minimum absolute atomic E-state index is 0.437. The molecule has 0 spiro atoms. The maximum atomic E-state index is 5.40. The molecule has 1 saturated heterocycles. The minimum Gasteiger partial charge on any atom is -0.320 e. The zero-order chi connectivity index (χ0) is 13.7. The first-order chi connectivity index (χ1) is 9.21. The van der Waals surface area contributed by atoms with E-state index in [0.29, 0.717) is 12.0 Å². The van der Waals surface area contributed by atoms with Gasteiger partial charge in [-0.25, -0.2) is 0 Å². The second-order valence-corrected chi connectivity index (χ2v) is 6.47. The van der Waals surface area contributed by atoms with Gasteiger partial charge in [0.2, 0.25) is 0 Å². The van der Waals surface area contributed by atoms with E-state index in [-0.39, 0.29) is 0 Å². The number of hydrogen-bond acceptors (Lipinski definition) is 3. The van der Waals surface area contributed by atoms with E-state index in [1.807, 2.05) is 11.3 Å². The molecular weight excluding hydrogens is 252 g/mol. The van der Waals surface area contributed by atoms with Crippen molar-refractivity contribution in [1.82, 2.24) is 4.90 Å². The molecule has 1 fully saturated rings. The summed E-state index contributed by atoms with van der Waals surface area (Å²) in [5.41, 5.74) is 7.08. The molecule has 104 valence electrons. The number of rotatable bonds is 4. The van der Waals surface area contributed by atoms with Gasteiger partial charge in [0, 0.05) is 28.9 Å². The largest absolute Gasteiger partial charge is 0.320 e. The quantitative estimate of drug-likeness (QED) is 0.856. The summed E-state index contributed by atoms with van der Waals surface area (Å²) in [5, 5.41) is 2.14. The van der Waals surface area contributed by atoms with Crippen LogP contribution in [0.4, 0.5) is 0 Å². The summed E-state index contributed by atoms with van der Waals surface area (Å²) >= 11 is 1.82. The molecule has 0 bridgehead atoms. The van der Waals surface area contributed by atoms with Crippen LogP contribution in [0.3, 0.4) is 0 Å². The molecule has 2 heterocycles. The molecule has 0 amide bonds. The Hall–Kier alpha value is -0.820. The van der Waals surface area contributed by atoms with Crippen molar-refractivity contribution in [2.24, 2.45) is 11.1 Å². The highest BCUT2D eigenvalue weighted by Crippen LogP contribution is 2.37. The third-order valence-electron chi connectivity index (χ3n) is 4.39. The number of nitrogens with zero attached hydrogens (tertiary/aromatic N) is 1. The van der Waals surface area contributed by atoms with E-state index in [2.05, 4.69) is 42.0 Å². The Bertz CT molecular complexity index is 463. The molecule has 0 unspecified atom stereocenters. The monoisotopic (exact) mass is 276 g/mol. The average Bonchev–Trinajstić information content (AvgIpc) is 3.04. The van der Waals surface area contributed by atoms with Crippen LogP contribution in [0, 0.1) is 17.3 Å². The number of thiophene rings is 1. The summed E-state index contributed by atoms with van der Waals surface area (Å²) in [6.45, 7) is 8.67. The first kappa shape index (κ1) is 14.6. The molecule has 1 aromatic rings. The van der Waals surface area contributed by atoms with Gasteiger partial charge >= 0.3 is 0 Å². The summed E-state index contributed by atoms with van der Waals surface area (Å²) in [4.78, 5) is 4.02. The molecule has 19 heavy (non-hydrogen) atoms. The van der Waals surface area contributed by atoms with Crippen molar-refractivity contribution in [3.05, 3.63) is 21.9 Å². The van der Waals surface area contributed by atoms with Crippen molar-refractivity contribution < 1.29 is 0 Å². The first-order valence-corrected chi connectivity index (χ1v) is 8.08. The van der Waals surface area contributed by atoms with Crippen LogP contribution in [0.1, 0.15) is 43.6 Å². The van der Waals surface area contributed by atoms with E-state index in [1.54, 1.807) is 0 Å². The predicted molar refractivity (Wildman–Crippen MR) is 83.2 cm³/mol. The fourth-order valence-electron chi connectivity index (χ4n) is 2.89. The van der Waals surface area contributed by atoms with Crippen LogP contribution in [0.2, 0.25) is 0 Å². The van der Waals surface area contributed by atoms with E-state index < -0.39 is 0 Å². The van der Waals surface area contributed by atoms with Crippen molar-refractivity contribution in [3.63, 3.8) is 0 Å². The van der Waals surface area contributed by atoms with Gasteiger partial charge in [-0.15, -0.1) is 11.3 Å². The van der Waals surface area contributed by atoms with Crippen LogP contribution < -0.4 is 5.73 Å². The van der Waals surface area contributed by atoms with Crippen LogP contribution in [0.15, 0.2) is 11.4 Å². The molecule has 1 aliphatic heterocycles. The van der Waals surface area contributed by atoms with Crippen LogP contribution >= 0.6 is 11.3 Å². The second-order valence-electron chi connectivity index (χ2n) is 5.48. The van der Waals surface area contributed by atoms with Gasteiger partial charge in [-0.3, -0.25) is 4.90 Å². The number of likely N-dealkylation sites (tertiary alicyclic amines) is 1. The fraction of sp³-hybridized carbons (Fsp3) is 0.625. The molecule has 0 aliphatic carbocycles. The van der Waals surface area contributed by atoms with Gasteiger partial charge in [-0.05, 0) is 37.3 Å². The van der Waals surface area contributed by atoms with Crippen LogP contribution in [-0.4, -0.2) is 24.5 Å². The summed E-state index contributed by atoms with van der Waals surface area (Å²) in [6, 6.07) is 2.21. The highest BCUT2D eigenvalue weighted by Gasteiger charge is 2.34. The van der Waals surface area contributed by atoms with Crippen molar-refractivity contribution in [2.75, 3.05) is 19.6 Å². The number of nitrogens with two attached hydrogens (primary N) is 1. The number of hydrogen-bond donors (Lipinski definition) is 1. The molecule has 2 N–H and O–H groups in total. The summed E-state index contributed by atoms with van der Waals surface area (Å²) in [7, 11) is 0. The van der Waals surface area contributed by atoms with Gasteiger partial charge < -0.3 is 5.73 Å². The van der Waals surface area contributed by atoms with Gasteiger partial charge in [-0.2, -0.15) is 0 Å². The highest BCUT2D eigenvalue weighted by molar-refractivity contribution is 7.10. The van der Waals surface area contributed by atoms with Gasteiger partial charge in [0.05, 0.1) is 6.54 Å². The normalized spacial score (nSPS) is 18.3. The molecular formula is C16H24N2S. The van der Waals surface area contributed by atoms with E-state index >= 15 is 0 Å². The van der Waals surface area contributed by atoms with Gasteiger partial charge in [-0.1, -0.05) is 25.7 Å². The van der Waals surface area contributed by atoms with Gasteiger partial charge in [0.1, 0.15) is 0 Å². The first-order valence-electron chi connectivity index (χ1n) is 7.20. The maximum absolute atomic E-state index is 5.40. The maximum Gasteiger partial charge on any atom is 0.0555 e.